The summed E-state index contributed by atoms with van der Waals surface area (Å²) in [5, 5.41) is 22.4. The molecule has 0 aliphatic rings. The Kier molecular flexibility index (Phi) is 17.3. The number of hydrogen-bond acceptors (Lipinski definition) is 6. The molecule has 0 aliphatic heterocycles. The fourth-order valence-corrected chi connectivity index (χ4v) is 0.668. The van der Waals surface area contributed by atoms with Crippen LogP contribution in [0.5, 0.6) is 0 Å². The van der Waals surface area contributed by atoms with Crippen molar-refractivity contribution >= 4 is 11.9 Å². The second-order valence-electron chi connectivity index (χ2n) is 2.26. The fourth-order valence-electron chi connectivity index (χ4n) is 0.668. The maximum atomic E-state index is 10.0. The van der Waals surface area contributed by atoms with Crippen molar-refractivity contribution in [2.75, 3.05) is 13.1 Å². The summed E-state index contributed by atoms with van der Waals surface area (Å²) in [4.78, 5) is 20.0. The largest absolute Gasteiger partial charge is 1.00 e. The van der Waals surface area contributed by atoms with Crippen LogP contribution in [-0.2, 0) is 9.59 Å². The summed E-state index contributed by atoms with van der Waals surface area (Å²) in [5.41, 5.74) is 5.14. The van der Waals surface area contributed by atoms with E-state index in [2.05, 4.69) is 5.32 Å². The molecule has 3 N–H and O–H groups in total. The molecule has 0 rings (SSSR count). The van der Waals surface area contributed by atoms with Gasteiger partial charge in [0.2, 0.25) is 0 Å². The van der Waals surface area contributed by atoms with Crippen LogP contribution >= 0.6 is 0 Å². The molecule has 0 saturated heterocycles. The van der Waals surface area contributed by atoms with Crippen molar-refractivity contribution in [3.05, 3.63) is 0 Å². The summed E-state index contributed by atoms with van der Waals surface area (Å²) in [6, 6.07) is -0.576. The minimum absolute atomic E-state index is 0. The molecule has 0 aromatic rings. The first-order valence-corrected chi connectivity index (χ1v) is 3.39. The van der Waals surface area contributed by atoms with Crippen LogP contribution in [-0.4, -0.2) is 31.1 Å². The third-order valence-corrected chi connectivity index (χ3v) is 1.23. The van der Waals surface area contributed by atoms with E-state index in [1.165, 1.54) is 0 Å². The van der Waals surface area contributed by atoms with Gasteiger partial charge in [-0.15, -0.1) is 0 Å². The Labute approximate surface area is 126 Å². The maximum Gasteiger partial charge on any atom is 1.00 e. The average molecular weight is 220 g/mol. The van der Waals surface area contributed by atoms with Gasteiger partial charge >= 0.3 is 59.1 Å². The van der Waals surface area contributed by atoms with Gasteiger partial charge in [-0.05, 0) is 0 Å². The van der Waals surface area contributed by atoms with Gasteiger partial charge in [-0.1, -0.05) is 0 Å². The van der Waals surface area contributed by atoms with Crippen LogP contribution in [0.25, 0.3) is 0 Å². The number of carboxylic acids is 2. The van der Waals surface area contributed by atoms with Crippen molar-refractivity contribution in [1.82, 2.24) is 5.32 Å². The van der Waals surface area contributed by atoms with Gasteiger partial charge in [0.15, 0.2) is 0 Å². The van der Waals surface area contributed by atoms with Crippen molar-refractivity contribution in [2.45, 2.75) is 12.5 Å². The van der Waals surface area contributed by atoms with Gasteiger partial charge in [0.1, 0.15) is 0 Å². The number of carbonyl (C=O) groups excluding carboxylic acids is 2. The summed E-state index contributed by atoms with van der Waals surface area (Å²) in [6.45, 7) is -0.365. The van der Waals surface area contributed by atoms with Crippen LogP contribution in [0.1, 0.15) is 6.42 Å². The Balaban J connectivity index is -0.000000605. The molecular formula is C6H10N2Na2O4. The van der Waals surface area contributed by atoms with Gasteiger partial charge < -0.3 is 30.9 Å². The Morgan fingerprint density at radius 2 is 1.71 bits per heavy atom. The first-order valence-electron chi connectivity index (χ1n) is 3.39. The molecule has 1 atom stereocenters. The molecule has 0 amide bonds. The SMILES string of the molecule is NCC(CC(=O)[O-])NCC(=O)[O-].[Na+].[Na+]. The van der Waals surface area contributed by atoms with E-state index < -0.39 is 24.5 Å². The first kappa shape index (κ1) is 20.3. The van der Waals surface area contributed by atoms with Crippen molar-refractivity contribution in [3.63, 3.8) is 0 Å². The van der Waals surface area contributed by atoms with Crippen LogP contribution in [0, 0.1) is 0 Å². The molecule has 0 heterocycles. The van der Waals surface area contributed by atoms with E-state index in [4.69, 9.17) is 5.73 Å². The minimum atomic E-state index is -1.30. The van der Waals surface area contributed by atoms with Crippen molar-refractivity contribution in [1.29, 1.82) is 0 Å². The molecule has 0 spiro atoms. The number of nitrogens with two attached hydrogens (primary N) is 1. The third kappa shape index (κ3) is 12.9. The first-order chi connectivity index (χ1) is 5.56. The normalized spacial score (nSPS) is 10.6. The number of carbonyl (C=O) groups is 2. The van der Waals surface area contributed by atoms with Crippen LogP contribution in [0.15, 0.2) is 0 Å². The second kappa shape index (κ2) is 11.9. The molecular weight excluding hydrogens is 210 g/mol. The quantitative estimate of drug-likeness (QED) is 0.429. The zero-order valence-electron chi connectivity index (χ0n) is 8.41. The molecule has 70 valence electrons. The molecule has 0 aromatic heterocycles. The molecule has 0 radical (unpaired) electrons. The number of nitrogens with one attached hydrogen (secondary N) is 1. The Morgan fingerprint density at radius 3 is 2.00 bits per heavy atom. The number of carboxylic acid groups (broad SMARTS) is 2. The van der Waals surface area contributed by atoms with E-state index in [1.807, 2.05) is 0 Å². The number of aliphatic carboxylic acids is 2. The zero-order valence-corrected chi connectivity index (χ0v) is 12.4. The molecule has 6 nitrogen and oxygen atoms in total. The van der Waals surface area contributed by atoms with Crippen LogP contribution in [0.4, 0.5) is 0 Å². The summed E-state index contributed by atoms with van der Waals surface area (Å²) >= 11 is 0. The van der Waals surface area contributed by atoms with Crippen LogP contribution in [0.2, 0.25) is 0 Å². The van der Waals surface area contributed by atoms with E-state index >= 15 is 0 Å². The van der Waals surface area contributed by atoms with Gasteiger partial charge in [0, 0.05) is 31.5 Å². The predicted octanol–water partition coefficient (Wildman–Crippen LogP) is -10.2. The summed E-state index contributed by atoms with van der Waals surface area (Å²) < 4.78 is 0. The van der Waals surface area contributed by atoms with Crippen LogP contribution in [0.3, 0.4) is 0 Å². The van der Waals surface area contributed by atoms with Crippen molar-refractivity contribution in [2.24, 2.45) is 5.73 Å². The Morgan fingerprint density at radius 1 is 1.21 bits per heavy atom. The van der Waals surface area contributed by atoms with E-state index in [0.717, 1.165) is 0 Å². The van der Waals surface area contributed by atoms with Crippen molar-refractivity contribution < 1.29 is 78.9 Å². The molecule has 8 heteroatoms. The van der Waals surface area contributed by atoms with Gasteiger partial charge in [-0.2, -0.15) is 0 Å². The van der Waals surface area contributed by atoms with E-state index in [1.54, 1.807) is 0 Å². The van der Waals surface area contributed by atoms with Crippen molar-refractivity contribution in [3.8, 4) is 0 Å². The van der Waals surface area contributed by atoms with Gasteiger partial charge in [-0.25, -0.2) is 0 Å². The minimum Gasteiger partial charge on any atom is -0.550 e. The standard InChI is InChI=1S/C6H12N2O4.2Na/c7-2-4(1-5(9)10)8-3-6(11)12;;/h4,8H,1-3,7H2,(H,9,10)(H,11,12);;/q;2*+1/p-2. The maximum absolute atomic E-state index is 10.0. The summed E-state index contributed by atoms with van der Waals surface area (Å²) in [6.07, 6.45) is -0.302. The molecule has 0 saturated carbocycles. The zero-order chi connectivity index (χ0) is 9.56. The Bertz CT molecular complexity index is 179. The topological polar surface area (TPSA) is 118 Å². The average Bonchev–Trinajstić information content (AvgIpc) is 1.97. The molecule has 14 heavy (non-hydrogen) atoms. The third-order valence-electron chi connectivity index (χ3n) is 1.23. The molecule has 1 unspecified atom stereocenters. The molecule has 0 aliphatic carbocycles. The molecule has 0 bridgehead atoms. The van der Waals surface area contributed by atoms with E-state index in [0.29, 0.717) is 0 Å². The molecule has 0 fully saturated rings. The molecule has 0 aromatic carbocycles. The van der Waals surface area contributed by atoms with Gasteiger partial charge in [0.05, 0.1) is 5.97 Å². The number of hydrogen-bond donors (Lipinski definition) is 2. The van der Waals surface area contributed by atoms with E-state index in [-0.39, 0.29) is 72.1 Å². The predicted molar refractivity (Wildman–Crippen MR) is 35.5 cm³/mol. The summed E-state index contributed by atoms with van der Waals surface area (Å²) in [7, 11) is 0. The monoisotopic (exact) mass is 220 g/mol. The van der Waals surface area contributed by atoms with E-state index in [9.17, 15) is 19.8 Å². The smallest absolute Gasteiger partial charge is 0.550 e. The Hall–Kier alpha value is 0.860. The van der Waals surface area contributed by atoms with Gasteiger partial charge in [0.25, 0.3) is 0 Å². The second-order valence-corrected chi connectivity index (χ2v) is 2.26. The number of rotatable bonds is 6. The van der Waals surface area contributed by atoms with Crippen LogP contribution < -0.4 is 80.4 Å². The van der Waals surface area contributed by atoms with Gasteiger partial charge in [-0.3, -0.25) is 0 Å². The summed E-state index contributed by atoms with van der Waals surface area (Å²) in [5.74, 6) is -2.57. The fraction of sp³-hybridized carbons (Fsp3) is 0.667.